The molecule has 92 valence electrons. The quantitative estimate of drug-likeness (QED) is 0.760. The van der Waals surface area contributed by atoms with Gasteiger partial charge in [-0.05, 0) is 25.1 Å². The highest BCUT2D eigenvalue weighted by molar-refractivity contribution is 5.81. The molecule has 4 heteroatoms. The second kappa shape index (κ2) is 4.84. The van der Waals surface area contributed by atoms with Crippen molar-refractivity contribution in [2.45, 2.75) is 26.8 Å². The molecule has 0 saturated carbocycles. The summed E-state index contributed by atoms with van der Waals surface area (Å²) in [5, 5.41) is 5.44. The third-order valence-corrected chi connectivity index (χ3v) is 2.82. The predicted octanol–water partition coefficient (Wildman–Crippen LogP) is 3.08. The van der Waals surface area contributed by atoms with Crippen LogP contribution in [-0.2, 0) is 4.74 Å². The normalized spacial score (nSPS) is 15.3. The summed E-state index contributed by atoms with van der Waals surface area (Å²) in [7, 11) is 0. The topological polar surface area (TPSA) is 27.1 Å². The third-order valence-electron chi connectivity index (χ3n) is 2.82. The van der Waals surface area contributed by atoms with Gasteiger partial charge in [-0.2, -0.15) is 5.10 Å². The first-order valence-electron chi connectivity index (χ1n) is 5.98. The van der Waals surface area contributed by atoms with Crippen LogP contribution in [0, 0.1) is 12.7 Å². The number of rotatable bonds is 1. The van der Waals surface area contributed by atoms with Gasteiger partial charge in [0.2, 0.25) is 0 Å². The van der Waals surface area contributed by atoms with Gasteiger partial charge in [-0.15, -0.1) is 0 Å². The zero-order valence-electron chi connectivity index (χ0n) is 10.4. The summed E-state index contributed by atoms with van der Waals surface area (Å²) in [4.78, 5) is 0. The number of aromatic nitrogens is 2. The highest BCUT2D eigenvalue weighted by Crippen LogP contribution is 2.25. The monoisotopic (exact) mass is 236 g/mol. The van der Waals surface area contributed by atoms with E-state index in [2.05, 4.69) is 5.10 Å². The Bertz CT molecular complexity index is 517. The number of nitrogens with zero attached hydrogens (tertiary/aromatic N) is 2. The first-order chi connectivity index (χ1) is 8.25. The van der Waals surface area contributed by atoms with Gasteiger partial charge in [0.15, 0.2) is 0 Å². The Morgan fingerprint density at radius 2 is 2.06 bits per heavy atom. The van der Waals surface area contributed by atoms with Crippen molar-refractivity contribution < 1.29 is 9.13 Å². The number of hydrogen-bond acceptors (Lipinski definition) is 2. The van der Waals surface area contributed by atoms with E-state index in [0.29, 0.717) is 13.2 Å². The molecule has 1 saturated heterocycles. The Labute approximate surface area is 100 Å². The Balaban J connectivity index is 0.000000514. The van der Waals surface area contributed by atoms with Crippen LogP contribution >= 0.6 is 0 Å². The fourth-order valence-electron chi connectivity index (χ4n) is 1.91. The van der Waals surface area contributed by atoms with Gasteiger partial charge < -0.3 is 4.74 Å². The van der Waals surface area contributed by atoms with Crippen LogP contribution in [0.1, 0.15) is 25.6 Å². The molecule has 0 bridgehead atoms. The summed E-state index contributed by atoms with van der Waals surface area (Å²) < 4.78 is 20.1. The van der Waals surface area contributed by atoms with Crippen molar-refractivity contribution in [1.82, 2.24) is 9.78 Å². The SMILES string of the molecule is CC.Cc1nn(C2COC2)c2cc(F)ccc12. The molecule has 1 aromatic carbocycles. The van der Waals surface area contributed by atoms with Crippen molar-refractivity contribution in [3.63, 3.8) is 0 Å². The van der Waals surface area contributed by atoms with Crippen LogP contribution in [0.15, 0.2) is 18.2 Å². The molecule has 1 aromatic heterocycles. The van der Waals surface area contributed by atoms with Crippen LogP contribution < -0.4 is 0 Å². The van der Waals surface area contributed by atoms with E-state index in [1.807, 2.05) is 25.5 Å². The molecule has 0 amide bonds. The molecule has 2 heterocycles. The summed E-state index contributed by atoms with van der Waals surface area (Å²) in [6, 6.07) is 5.05. The van der Waals surface area contributed by atoms with Gasteiger partial charge >= 0.3 is 0 Å². The minimum Gasteiger partial charge on any atom is -0.377 e. The molecular formula is C13H17FN2O. The van der Waals surface area contributed by atoms with Crippen LogP contribution in [0.3, 0.4) is 0 Å². The summed E-state index contributed by atoms with van der Waals surface area (Å²) in [5.41, 5.74) is 1.80. The van der Waals surface area contributed by atoms with Crippen LogP contribution in [0.4, 0.5) is 4.39 Å². The number of hydrogen-bond donors (Lipinski definition) is 0. The molecule has 1 fully saturated rings. The molecule has 2 aromatic rings. The van der Waals surface area contributed by atoms with Gasteiger partial charge in [0.1, 0.15) is 5.82 Å². The largest absolute Gasteiger partial charge is 0.377 e. The molecule has 1 aliphatic heterocycles. The lowest BCUT2D eigenvalue weighted by Gasteiger charge is -2.26. The maximum atomic E-state index is 13.1. The summed E-state index contributed by atoms with van der Waals surface area (Å²) in [5.74, 6) is -0.219. The summed E-state index contributed by atoms with van der Waals surface area (Å²) in [6.45, 7) is 7.29. The van der Waals surface area contributed by atoms with E-state index in [0.717, 1.165) is 16.6 Å². The van der Waals surface area contributed by atoms with Gasteiger partial charge in [0.25, 0.3) is 0 Å². The fourth-order valence-corrected chi connectivity index (χ4v) is 1.91. The van der Waals surface area contributed by atoms with Crippen LogP contribution in [-0.4, -0.2) is 23.0 Å². The average molecular weight is 236 g/mol. The van der Waals surface area contributed by atoms with Crippen molar-refractivity contribution in [2.75, 3.05) is 13.2 Å². The van der Waals surface area contributed by atoms with Crippen molar-refractivity contribution >= 4 is 10.9 Å². The summed E-state index contributed by atoms with van der Waals surface area (Å²) in [6.07, 6.45) is 0. The van der Waals surface area contributed by atoms with E-state index in [-0.39, 0.29) is 11.9 Å². The van der Waals surface area contributed by atoms with E-state index in [1.165, 1.54) is 12.1 Å². The van der Waals surface area contributed by atoms with E-state index >= 15 is 0 Å². The minimum absolute atomic E-state index is 0.219. The molecular weight excluding hydrogens is 219 g/mol. The molecule has 0 aliphatic carbocycles. The molecule has 0 radical (unpaired) electrons. The molecule has 17 heavy (non-hydrogen) atoms. The van der Waals surface area contributed by atoms with Gasteiger partial charge in [0, 0.05) is 5.39 Å². The number of aryl methyl sites for hydroxylation is 1. The Morgan fingerprint density at radius 1 is 1.35 bits per heavy atom. The maximum absolute atomic E-state index is 13.1. The van der Waals surface area contributed by atoms with Gasteiger partial charge in [0.05, 0.1) is 30.5 Å². The van der Waals surface area contributed by atoms with Crippen molar-refractivity contribution in [3.05, 3.63) is 29.7 Å². The predicted molar refractivity (Wildman–Crippen MR) is 65.6 cm³/mol. The molecule has 3 rings (SSSR count). The maximum Gasteiger partial charge on any atom is 0.125 e. The van der Waals surface area contributed by atoms with Crippen molar-refractivity contribution in [2.24, 2.45) is 0 Å². The summed E-state index contributed by atoms with van der Waals surface area (Å²) >= 11 is 0. The fraction of sp³-hybridized carbons (Fsp3) is 0.462. The van der Waals surface area contributed by atoms with Gasteiger partial charge in [-0.25, -0.2) is 4.39 Å². The Kier molecular flexibility index (Phi) is 3.43. The molecule has 3 nitrogen and oxygen atoms in total. The van der Waals surface area contributed by atoms with E-state index in [1.54, 1.807) is 6.07 Å². The van der Waals surface area contributed by atoms with Crippen molar-refractivity contribution in [1.29, 1.82) is 0 Å². The Hall–Kier alpha value is -1.42. The standard InChI is InChI=1S/C11H11FN2O.C2H6/c1-7-10-3-2-8(12)4-11(10)14(13-7)9-5-15-6-9;1-2/h2-4,9H,5-6H2,1H3;1-2H3. The minimum atomic E-state index is -0.219. The highest BCUT2D eigenvalue weighted by Gasteiger charge is 2.23. The molecule has 0 unspecified atom stereocenters. The van der Waals surface area contributed by atoms with E-state index in [4.69, 9.17) is 4.74 Å². The van der Waals surface area contributed by atoms with Crippen LogP contribution in [0.2, 0.25) is 0 Å². The Morgan fingerprint density at radius 3 is 2.65 bits per heavy atom. The molecule has 0 spiro atoms. The zero-order valence-corrected chi connectivity index (χ0v) is 10.4. The third kappa shape index (κ3) is 2.05. The van der Waals surface area contributed by atoms with E-state index in [9.17, 15) is 4.39 Å². The second-order valence-electron chi connectivity index (χ2n) is 3.88. The molecule has 0 atom stereocenters. The number of benzene rings is 1. The lowest BCUT2D eigenvalue weighted by atomic mass is 10.2. The average Bonchev–Trinajstić information content (AvgIpc) is 2.57. The van der Waals surface area contributed by atoms with Gasteiger partial charge in [-0.1, -0.05) is 13.8 Å². The number of ether oxygens (including phenoxy) is 1. The lowest BCUT2D eigenvalue weighted by Crippen LogP contribution is -2.31. The number of fused-ring (bicyclic) bond motifs is 1. The lowest BCUT2D eigenvalue weighted by molar-refractivity contribution is -0.0267. The number of halogens is 1. The second-order valence-corrected chi connectivity index (χ2v) is 3.88. The smallest absolute Gasteiger partial charge is 0.125 e. The van der Waals surface area contributed by atoms with Crippen LogP contribution in [0.5, 0.6) is 0 Å². The zero-order chi connectivity index (χ0) is 12.4. The molecule has 0 N–H and O–H groups in total. The van der Waals surface area contributed by atoms with Crippen LogP contribution in [0.25, 0.3) is 10.9 Å². The highest BCUT2D eigenvalue weighted by atomic mass is 19.1. The first kappa shape index (κ1) is 12.0. The van der Waals surface area contributed by atoms with Gasteiger partial charge in [-0.3, -0.25) is 4.68 Å². The van der Waals surface area contributed by atoms with Crippen molar-refractivity contribution in [3.8, 4) is 0 Å². The first-order valence-corrected chi connectivity index (χ1v) is 5.98. The molecule has 1 aliphatic rings. The van der Waals surface area contributed by atoms with E-state index < -0.39 is 0 Å².